The summed E-state index contributed by atoms with van der Waals surface area (Å²) in [6.45, 7) is 0. The first-order chi connectivity index (χ1) is 9.38. The molecule has 1 atom stereocenters. The van der Waals surface area contributed by atoms with Crippen LogP contribution >= 0.6 is 27.3 Å². The molecule has 0 fully saturated rings. The predicted molar refractivity (Wildman–Crippen MR) is 78.7 cm³/mol. The van der Waals surface area contributed by atoms with Crippen LogP contribution < -0.4 is 5.73 Å². The zero-order valence-corrected chi connectivity index (χ0v) is 12.9. The van der Waals surface area contributed by atoms with E-state index in [-0.39, 0.29) is 0 Å². The van der Waals surface area contributed by atoms with Crippen molar-refractivity contribution in [1.29, 1.82) is 0 Å². The Balaban J connectivity index is 2.14. The second-order valence-corrected chi connectivity index (χ2v) is 6.15. The molecule has 6 heteroatoms. The Morgan fingerprint density at radius 3 is 2.60 bits per heavy atom. The van der Waals surface area contributed by atoms with Gasteiger partial charge < -0.3 is 5.73 Å². The second kappa shape index (κ2) is 6.28. The van der Waals surface area contributed by atoms with Crippen LogP contribution in [0.1, 0.15) is 29.2 Å². The Labute approximate surface area is 127 Å². The highest BCUT2D eigenvalue weighted by molar-refractivity contribution is 9.10. The van der Waals surface area contributed by atoms with E-state index >= 15 is 0 Å². The fourth-order valence-corrected chi connectivity index (χ4v) is 3.16. The van der Waals surface area contributed by atoms with Crippen LogP contribution in [0.15, 0.2) is 39.5 Å². The molecule has 108 valence electrons. The number of hydrogen-bond acceptors (Lipinski definition) is 2. The highest BCUT2D eigenvalue weighted by Gasteiger charge is 2.31. The Hall–Kier alpha value is -0.850. The van der Waals surface area contributed by atoms with Crippen molar-refractivity contribution >= 4 is 27.3 Å². The molecule has 2 rings (SSSR count). The van der Waals surface area contributed by atoms with Crippen LogP contribution in [0, 0.1) is 0 Å². The van der Waals surface area contributed by atoms with Crippen molar-refractivity contribution in [3.05, 3.63) is 56.2 Å². The number of nitrogens with two attached hydrogens (primary N) is 1. The summed E-state index contributed by atoms with van der Waals surface area (Å²) in [4.78, 5) is 0. The minimum atomic E-state index is -4.34. The summed E-state index contributed by atoms with van der Waals surface area (Å²) in [7, 11) is 0. The van der Waals surface area contributed by atoms with Crippen molar-refractivity contribution in [2.45, 2.75) is 25.1 Å². The quantitative estimate of drug-likeness (QED) is 0.797. The van der Waals surface area contributed by atoms with Gasteiger partial charge in [0.05, 0.1) is 5.56 Å². The molecule has 1 nitrogen and oxygen atoms in total. The average Bonchev–Trinajstić information content (AvgIpc) is 2.88. The molecule has 0 radical (unpaired) electrons. The lowest BCUT2D eigenvalue weighted by molar-refractivity contribution is -0.137. The summed E-state index contributed by atoms with van der Waals surface area (Å²) >= 11 is 4.87. The van der Waals surface area contributed by atoms with Gasteiger partial charge in [-0.2, -0.15) is 24.5 Å². The molecule has 0 spiro atoms. The molecule has 1 heterocycles. The van der Waals surface area contributed by atoms with Crippen LogP contribution in [0.2, 0.25) is 0 Å². The van der Waals surface area contributed by atoms with E-state index in [2.05, 4.69) is 15.9 Å². The first kappa shape index (κ1) is 15.5. The van der Waals surface area contributed by atoms with Crippen LogP contribution in [0.4, 0.5) is 13.2 Å². The molecule has 0 saturated heterocycles. The summed E-state index contributed by atoms with van der Waals surface area (Å²) < 4.78 is 38.8. The van der Waals surface area contributed by atoms with Gasteiger partial charge in [-0.1, -0.05) is 15.9 Å². The van der Waals surface area contributed by atoms with Gasteiger partial charge in [0, 0.05) is 10.5 Å². The summed E-state index contributed by atoms with van der Waals surface area (Å²) in [5.41, 5.74) is 7.02. The van der Waals surface area contributed by atoms with Gasteiger partial charge in [-0.25, -0.2) is 0 Å². The second-order valence-electron chi connectivity index (χ2n) is 4.51. The van der Waals surface area contributed by atoms with E-state index in [9.17, 15) is 13.2 Å². The van der Waals surface area contributed by atoms with Gasteiger partial charge in [0.1, 0.15) is 0 Å². The topological polar surface area (TPSA) is 26.0 Å². The first-order valence-electron chi connectivity index (χ1n) is 6.01. The highest BCUT2D eigenvalue weighted by Crippen LogP contribution is 2.34. The molecule has 0 aliphatic heterocycles. The third-order valence-electron chi connectivity index (χ3n) is 3.05. The lowest BCUT2D eigenvalue weighted by Crippen LogP contribution is -2.14. The molecule has 1 aromatic carbocycles. The molecule has 0 aliphatic carbocycles. The zero-order chi connectivity index (χ0) is 14.8. The Bertz CT molecular complexity index is 566. The zero-order valence-electron chi connectivity index (χ0n) is 10.5. The van der Waals surface area contributed by atoms with Crippen molar-refractivity contribution in [2.75, 3.05) is 0 Å². The number of benzene rings is 1. The van der Waals surface area contributed by atoms with E-state index in [0.29, 0.717) is 16.5 Å². The van der Waals surface area contributed by atoms with E-state index in [4.69, 9.17) is 5.73 Å². The smallest absolute Gasteiger partial charge is 0.324 e. The number of halogens is 4. The molecule has 1 aromatic heterocycles. The Morgan fingerprint density at radius 1 is 1.25 bits per heavy atom. The van der Waals surface area contributed by atoms with Crippen LogP contribution in [-0.2, 0) is 12.6 Å². The van der Waals surface area contributed by atoms with Crippen LogP contribution in [0.25, 0.3) is 0 Å². The van der Waals surface area contributed by atoms with E-state index < -0.39 is 17.8 Å². The molecule has 0 aliphatic rings. The molecule has 0 bridgehead atoms. The summed E-state index contributed by atoms with van der Waals surface area (Å²) in [5, 5.41) is 3.99. The maximum atomic E-state index is 12.7. The van der Waals surface area contributed by atoms with Crippen LogP contribution in [0.5, 0.6) is 0 Å². The maximum Gasteiger partial charge on any atom is 0.416 e. The van der Waals surface area contributed by atoms with Crippen molar-refractivity contribution < 1.29 is 13.2 Å². The molecular formula is C14H13BrF3NS. The van der Waals surface area contributed by atoms with Gasteiger partial charge in [0.15, 0.2) is 0 Å². The normalized spacial score (nSPS) is 13.4. The molecule has 0 saturated carbocycles. The number of rotatable bonds is 4. The summed E-state index contributed by atoms with van der Waals surface area (Å²) in [5.74, 6) is 0. The third kappa shape index (κ3) is 3.84. The van der Waals surface area contributed by atoms with E-state index in [1.54, 1.807) is 11.3 Å². The third-order valence-corrected chi connectivity index (χ3v) is 4.50. The fraction of sp³-hybridized carbons (Fsp3) is 0.286. The number of hydrogen-bond donors (Lipinski definition) is 1. The first-order valence-corrected chi connectivity index (χ1v) is 7.75. The maximum absolute atomic E-state index is 12.7. The van der Waals surface area contributed by atoms with E-state index in [1.165, 1.54) is 6.07 Å². The number of alkyl halides is 3. The molecule has 20 heavy (non-hydrogen) atoms. The molecule has 2 N–H and O–H groups in total. The van der Waals surface area contributed by atoms with Gasteiger partial charge in [-0.15, -0.1) is 0 Å². The van der Waals surface area contributed by atoms with Crippen molar-refractivity contribution in [2.24, 2.45) is 5.73 Å². The summed E-state index contributed by atoms with van der Waals surface area (Å²) in [6.07, 6.45) is -2.98. The lowest BCUT2D eigenvalue weighted by Gasteiger charge is -2.16. The van der Waals surface area contributed by atoms with Gasteiger partial charge >= 0.3 is 6.18 Å². The van der Waals surface area contributed by atoms with E-state index in [0.717, 1.165) is 24.1 Å². The minimum absolute atomic E-state index is 0.424. The van der Waals surface area contributed by atoms with Gasteiger partial charge in [-0.3, -0.25) is 0 Å². The van der Waals surface area contributed by atoms with Crippen LogP contribution in [-0.4, -0.2) is 0 Å². The molecule has 1 unspecified atom stereocenters. The highest BCUT2D eigenvalue weighted by atomic mass is 79.9. The van der Waals surface area contributed by atoms with Crippen molar-refractivity contribution in [1.82, 2.24) is 0 Å². The summed E-state index contributed by atoms with van der Waals surface area (Å²) in [6, 6.07) is 5.16. The van der Waals surface area contributed by atoms with E-state index in [1.807, 2.05) is 16.8 Å². The number of aryl methyl sites for hydroxylation is 1. The standard InChI is InChI=1S/C14H13BrF3NS/c15-12-3-2-10(14(16,17)18)7-11(12)13(19)4-1-9-5-6-20-8-9/h2-3,5-8,13H,1,4,19H2. The predicted octanol–water partition coefficient (Wildman–Crippen LogP) is 5.16. The van der Waals surface area contributed by atoms with Crippen LogP contribution in [0.3, 0.4) is 0 Å². The Kier molecular flexibility index (Phi) is 4.88. The SMILES string of the molecule is NC(CCc1ccsc1)c1cc(C(F)(F)F)ccc1Br. The largest absolute Gasteiger partial charge is 0.416 e. The van der Waals surface area contributed by atoms with Gasteiger partial charge in [0.2, 0.25) is 0 Å². The van der Waals surface area contributed by atoms with Crippen molar-refractivity contribution in [3.8, 4) is 0 Å². The Morgan fingerprint density at radius 2 is 2.00 bits per heavy atom. The number of thiophene rings is 1. The van der Waals surface area contributed by atoms with Crippen molar-refractivity contribution in [3.63, 3.8) is 0 Å². The minimum Gasteiger partial charge on any atom is -0.324 e. The lowest BCUT2D eigenvalue weighted by atomic mass is 9.99. The molecular weight excluding hydrogens is 351 g/mol. The fourth-order valence-electron chi connectivity index (χ4n) is 1.92. The average molecular weight is 364 g/mol. The monoisotopic (exact) mass is 363 g/mol. The molecule has 2 aromatic rings. The van der Waals surface area contributed by atoms with Gasteiger partial charge in [-0.05, 0) is 59.0 Å². The molecule has 0 amide bonds. The van der Waals surface area contributed by atoms with Gasteiger partial charge in [0.25, 0.3) is 0 Å².